The Morgan fingerprint density at radius 3 is 2.72 bits per heavy atom. The van der Waals surface area contributed by atoms with Gasteiger partial charge in [-0.05, 0) is 19.9 Å². The maximum absolute atomic E-state index is 13.1. The molecule has 4 rings (SSSR count). The van der Waals surface area contributed by atoms with Crippen molar-refractivity contribution >= 4 is 23.4 Å². The highest BCUT2D eigenvalue weighted by molar-refractivity contribution is 6.15. The van der Waals surface area contributed by atoms with Crippen LogP contribution in [0.1, 0.15) is 18.1 Å². The highest BCUT2D eigenvalue weighted by Crippen LogP contribution is 2.52. The van der Waals surface area contributed by atoms with Gasteiger partial charge in [-0.2, -0.15) is 0 Å². The minimum Gasteiger partial charge on any atom is -0.383 e. The Bertz CT molecular complexity index is 793. The Morgan fingerprint density at radius 2 is 2.00 bits per heavy atom. The van der Waals surface area contributed by atoms with Gasteiger partial charge in [0.25, 0.3) is 0 Å². The zero-order valence-corrected chi connectivity index (χ0v) is 14.5. The standard InChI is InChI=1S/C18H21N3O4/c1-9-4-5-12-11(8-9)18(17(24)19-12)14-13(10(2)20-18)15(22)21(16(14)23)6-7-25-3/h4-5,8,10,13-14,20H,6-7H2,1-3H3,(H,19,24)/t10-,13-,14+,18+/m1/s1. The number of carbonyl (C=O) groups excluding carboxylic acids is 3. The summed E-state index contributed by atoms with van der Waals surface area (Å²) in [5.41, 5.74) is 1.28. The number of methoxy groups -OCH3 is 1. The van der Waals surface area contributed by atoms with Gasteiger partial charge >= 0.3 is 0 Å². The molecule has 0 radical (unpaired) electrons. The fraction of sp³-hybridized carbons (Fsp3) is 0.500. The number of benzene rings is 1. The van der Waals surface area contributed by atoms with Gasteiger partial charge in [0.05, 0.1) is 25.0 Å². The molecule has 1 spiro atoms. The third-order valence-corrected chi connectivity index (χ3v) is 5.63. The van der Waals surface area contributed by atoms with Gasteiger partial charge in [-0.3, -0.25) is 24.6 Å². The zero-order valence-electron chi connectivity index (χ0n) is 14.5. The van der Waals surface area contributed by atoms with E-state index in [-0.39, 0.29) is 36.9 Å². The SMILES string of the molecule is COCCN1C(=O)[C@H]2[C@@H](C1=O)[C@]1(N[C@@H]2C)C(=O)Nc2ccc(C)cc21. The normalized spacial score (nSPS) is 33.2. The molecule has 4 atom stereocenters. The lowest BCUT2D eigenvalue weighted by molar-refractivity contribution is -0.143. The van der Waals surface area contributed by atoms with E-state index in [1.807, 2.05) is 32.0 Å². The third-order valence-electron chi connectivity index (χ3n) is 5.63. The molecule has 7 heteroatoms. The summed E-state index contributed by atoms with van der Waals surface area (Å²) in [5, 5.41) is 6.17. The van der Waals surface area contributed by atoms with Gasteiger partial charge in [-0.15, -0.1) is 0 Å². The molecule has 0 aromatic heterocycles. The quantitative estimate of drug-likeness (QED) is 0.775. The van der Waals surface area contributed by atoms with E-state index in [0.29, 0.717) is 5.69 Å². The number of nitrogens with zero attached hydrogens (tertiary/aromatic N) is 1. The Labute approximate surface area is 145 Å². The van der Waals surface area contributed by atoms with E-state index < -0.39 is 17.4 Å². The second-order valence-electron chi connectivity index (χ2n) is 7.07. The number of imide groups is 1. The summed E-state index contributed by atoms with van der Waals surface area (Å²) in [6, 6.07) is 5.41. The molecule has 0 saturated carbocycles. The molecule has 2 fully saturated rings. The number of fused-ring (bicyclic) bond motifs is 4. The van der Waals surface area contributed by atoms with Crippen molar-refractivity contribution in [1.82, 2.24) is 10.2 Å². The molecule has 0 bridgehead atoms. The largest absolute Gasteiger partial charge is 0.383 e. The lowest BCUT2D eigenvalue weighted by atomic mass is 9.76. The molecule has 3 heterocycles. The maximum Gasteiger partial charge on any atom is 0.250 e. The molecule has 132 valence electrons. The number of amides is 3. The van der Waals surface area contributed by atoms with Crippen molar-refractivity contribution in [3.63, 3.8) is 0 Å². The molecular formula is C18H21N3O4. The van der Waals surface area contributed by atoms with Crippen molar-refractivity contribution < 1.29 is 19.1 Å². The molecule has 25 heavy (non-hydrogen) atoms. The average Bonchev–Trinajstić information content (AvgIpc) is 3.12. The summed E-state index contributed by atoms with van der Waals surface area (Å²) in [4.78, 5) is 40.1. The fourth-order valence-electron chi connectivity index (χ4n) is 4.54. The Kier molecular flexibility index (Phi) is 3.49. The summed E-state index contributed by atoms with van der Waals surface area (Å²) in [7, 11) is 1.53. The van der Waals surface area contributed by atoms with Crippen LogP contribution in [-0.4, -0.2) is 48.9 Å². The predicted octanol–water partition coefficient (Wildman–Crippen LogP) is 0.382. The molecule has 2 N–H and O–H groups in total. The average molecular weight is 343 g/mol. The summed E-state index contributed by atoms with van der Waals surface area (Å²) < 4.78 is 5.02. The van der Waals surface area contributed by atoms with Gasteiger partial charge in [-0.25, -0.2) is 0 Å². The molecule has 3 aliphatic heterocycles. The first-order chi connectivity index (χ1) is 11.9. The number of rotatable bonds is 3. The second kappa shape index (κ2) is 5.37. The lowest BCUT2D eigenvalue weighted by Crippen LogP contribution is -2.53. The first-order valence-corrected chi connectivity index (χ1v) is 8.46. The molecule has 0 aliphatic carbocycles. The maximum atomic E-state index is 13.1. The monoisotopic (exact) mass is 343 g/mol. The number of carbonyl (C=O) groups is 3. The van der Waals surface area contributed by atoms with Gasteiger partial charge in [-0.1, -0.05) is 17.7 Å². The first kappa shape index (κ1) is 16.2. The molecule has 3 aliphatic rings. The van der Waals surface area contributed by atoms with Crippen LogP contribution in [-0.2, 0) is 24.7 Å². The van der Waals surface area contributed by atoms with Gasteiger partial charge < -0.3 is 10.1 Å². The summed E-state index contributed by atoms with van der Waals surface area (Å²) in [6.45, 7) is 4.30. The van der Waals surface area contributed by atoms with Crippen molar-refractivity contribution in [2.24, 2.45) is 11.8 Å². The predicted molar refractivity (Wildman–Crippen MR) is 89.7 cm³/mol. The number of ether oxygens (including phenoxy) is 1. The molecule has 1 aromatic rings. The molecule has 1 aromatic carbocycles. The number of hydrogen-bond acceptors (Lipinski definition) is 5. The first-order valence-electron chi connectivity index (χ1n) is 8.46. The second-order valence-corrected chi connectivity index (χ2v) is 7.07. The minimum atomic E-state index is -1.18. The summed E-state index contributed by atoms with van der Waals surface area (Å²) in [6.07, 6.45) is 0. The van der Waals surface area contributed by atoms with Gasteiger partial charge in [0.15, 0.2) is 0 Å². The number of likely N-dealkylation sites (tertiary alicyclic amines) is 1. The van der Waals surface area contributed by atoms with Crippen LogP contribution in [0.2, 0.25) is 0 Å². The number of aryl methyl sites for hydroxylation is 1. The van der Waals surface area contributed by atoms with E-state index in [2.05, 4.69) is 10.6 Å². The third kappa shape index (κ3) is 1.96. The van der Waals surface area contributed by atoms with E-state index >= 15 is 0 Å². The van der Waals surface area contributed by atoms with Crippen molar-refractivity contribution in [1.29, 1.82) is 0 Å². The molecule has 7 nitrogen and oxygen atoms in total. The van der Waals surface area contributed by atoms with E-state index in [4.69, 9.17) is 4.74 Å². The van der Waals surface area contributed by atoms with Crippen LogP contribution in [0.25, 0.3) is 0 Å². The van der Waals surface area contributed by atoms with Crippen LogP contribution in [0.4, 0.5) is 5.69 Å². The molecular weight excluding hydrogens is 322 g/mol. The van der Waals surface area contributed by atoms with E-state index in [0.717, 1.165) is 11.1 Å². The Balaban J connectivity index is 1.83. The number of hydrogen-bond donors (Lipinski definition) is 2. The van der Waals surface area contributed by atoms with Crippen LogP contribution >= 0.6 is 0 Å². The van der Waals surface area contributed by atoms with E-state index in [1.54, 1.807) is 0 Å². The topological polar surface area (TPSA) is 87.7 Å². The molecule has 2 saturated heterocycles. The van der Waals surface area contributed by atoms with Gasteiger partial charge in [0, 0.05) is 24.4 Å². The van der Waals surface area contributed by atoms with Crippen LogP contribution < -0.4 is 10.6 Å². The van der Waals surface area contributed by atoms with Crippen molar-refractivity contribution in [2.75, 3.05) is 25.6 Å². The lowest BCUT2D eigenvalue weighted by Gasteiger charge is -2.29. The van der Waals surface area contributed by atoms with Gasteiger partial charge in [0.2, 0.25) is 17.7 Å². The van der Waals surface area contributed by atoms with E-state index in [9.17, 15) is 14.4 Å². The number of nitrogens with one attached hydrogen (secondary N) is 2. The smallest absolute Gasteiger partial charge is 0.250 e. The zero-order chi connectivity index (χ0) is 17.9. The van der Waals surface area contributed by atoms with Crippen molar-refractivity contribution in [2.45, 2.75) is 25.4 Å². The fourth-order valence-corrected chi connectivity index (χ4v) is 4.54. The minimum absolute atomic E-state index is 0.215. The van der Waals surface area contributed by atoms with Crippen LogP contribution in [0, 0.1) is 18.8 Å². The van der Waals surface area contributed by atoms with Gasteiger partial charge in [0.1, 0.15) is 5.54 Å². The highest BCUT2D eigenvalue weighted by Gasteiger charge is 2.69. The van der Waals surface area contributed by atoms with E-state index in [1.165, 1.54) is 12.0 Å². The van der Waals surface area contributed by atoms with Crippen molar-refractivity contribution in [3.8, 4) is 0 Å². The molecule has 0 unspecified atom stereocenters. The van der Waals surface area contributed by atoms with Crippen LogP contribution in [0.3, 0.4) is 0 Å². The summed E-state index contributed by atoms with van der Waals surface area (Å²) in [5.74, 6) is -2.05. The van der Waals surface area contributed by atoms with Crippen LogP contribution in [0.5, 0.6) is 0 Å². The highest BCUT2D eigenvalue weighted by atomic mass is 16.5. The summed E-state index contributed by atoms with van der Waals surface area (Å²) >= 11 is 0. The number of anilines is 1. The molecule has 3 amide bonds. The van der Waals surface area contributed by atoms with Crippen LogP contribution in [0.15, 0.2) is 18.2 Å². The van der Waals surface area contributed by atoms with Crippen molar-refractivity contribution in [3.05, 3.63) is 29.3 Å². The Hall–Kier alpha value is -2.25. The Morgan fingerprint density at radius 1 is 1.24 bits per heavy atom.